The SMILES string of the molecule is CCOc1ccc(NC2=C(Sc3ccccc3)C(=O)N(c3cccc(C(F)(F)F)c3)C2=O)cc1. The van der Waals surface area contributed by atoms with Crippen molar-refractivity contribution in [3.63, 3.8) is 0 Å². The van der Waals surface area contributed by atoms with Crippen molar-refractivity contribution in [2.75, 3.05) is 16.8 Å². The van der Waals surface area contributed by atoms with Gasteiger partial charge in [0.25, 0.3) is 11.8 Å². The minimum atomic E-state index is -4.61. The lowest BCUT2D eigenvalue weighted by atomic mass is 10.2. The third-order valence-corrected chi connectivity index (χ3v) is 5.96. The molecular formula is C25H19F3N2O3S. The van der Waals surface area contributed by atoms with Crippen molar-refractivity contribution in [3.8, 4) is 5.75 Å². The fourth-order valence-corrected chi connectivity index (χ4v) is 4.27. The Labute approximate surface area is 198 Å². The lowest BCUT2D eigenvalue weighted by molar-refractivity contribution is -0.137. The molecule has 0 atom stereocenters. The molecule has 0 saturated carbocycles. The number of carbonyl (C=O) groups is 2. The molecule has 0 radical (unpaired) electrons. The number of nitrogens with one attached hydrogen (secondary N) is 1. The first-order valence-corrected chi connectivity index (χ1v) is 11.1. The Kier molecular flexibility index (Phi) is 6.65. The van der Waals surface area contributed by atoms with Gasteiger partial charge in [-0.3, -0.25) is 9.59 Å². The Hall–Kier alpha value is -3.72. The zero-order chi connectivity index (χ0) is 24.3. The van der Waals surface area contributed by atoms with E-state index in [1.165, 1.54) is 12.1 Å². The normalized spacial score (nSPS) is 14.1. The molecule has 5 nitrogen and oxygen atoms in total. The summed E-state index contributed by atoms with van der Waals surface area (Å²) >= 11 is 1.07. The van der Waals surface area contributed by atoms with Crippen LogP contribution in [-0.4, -0.2) is 18.4 Å². The molecule has 34 heavy (non-hydrogen) atoms. The molecule has 1 aliphatic heterocycles. The number of benzene rings is 3. The van der Waals surface area contributed by atoms with Gasteiger partial charge in [0.1, 0.15) is 16.4 Å². The average Bonchev–Trinajstić information content (AvgIpc) is 3.04. The fraction of sp³-hybridized carbons (Fsp3) is 0.120. The van der Waals surface area contributed by atoms with Crippen molar-refractivity contribution >= 4 is 35.0 Å². The maximum atomic E-state index is 13.3. The van der Waals surface area contributed by atoms with E-state index in [1.807, 2.05) is 13.0 Å². The number of carbonyl (C=O) groups excluding carboxylic acids is 2. The number of hydrogen-bond donors (Lipinski definition) is 1. The molecule has 3 aromatic carbocycles. The number of halogens is 3. The molecule has 1 aliphatic rings. The smallest absolute Gasteiger partial charge is 0.416 e. The Morgan fingerprint density at radius 1 is 0.912 bits per heavy atom. The minimum absolute atomic E-state index is 0.0135. The highest BCUT2D eigenvalue weighted by molar-refractivity contribution is 8.04. The van der Waals surface area contributed by atoms with E-state index in [4.69, 9.17) is 4.74 Å². The lowest BCUT2D eigenvalue weighted by Gasteiger charge is -2.17. The zero-order valence-corrected chi connectivity index (χ0v) is 18.7. The molecule has 1 N–H and O–H groups in total. The second kappa shape index (κ2) is 9.64. The monoisotopic (exact) mass is 484 g/mol. The first-order valence-electron chi connectivity index (χ1n) is 10.3. The van der Waals surface area contributed by atoms with Crippen LogP contribution in [0.3, 0.4) is 0 Å². The van der Waals surface area contributed by atoms with Crippen molar-refractivity contribution < 1.29 is 27.5 Å². The van der Waals surface area contributed by atoms with E-state index in [-0.39, 0.29) is 16.3 Å². The highest BCUT2D eigenvalue weighted by Crippen LogP contribution is 2.39. The van der Waals surface area contributed by atoms with Crippen molar-refractivity contribution in [1.29, 1.82) is 0 Å². The van der Waals surface area contributed by atoms with Crippen LogP contribution in [0.25, 0.3) is 0 Å². The summed E-state index contributed by atoms with van der Waals surface area (Å²) in [6.45, 7) is 2.35. The van der Waals surface area contributed by atoms with Crippen molar-refractivity contribution in [1.82, 2.24) is 0 Å². The average molecular weight is 484 g/mol. The summed E-state index contributed by atoms with van der Waals surface area (Å²) in [7, 11) is 0. The molecule has 0 unspecified atom stereocenters. The van der Waals surface area contributed by atoms with E-state index in [9.17, 15) is 22.8 Å². The number of alkyl halides is 3. The quantitative estimate of drug-likeness (QED) is 0.411. The first-order chi connectivity index (χ1) is 16.3. The van der Waals surface area contributed by atoms with Crippen molar-refractivity contribution in [2.24, 2.45) is 0 Å². The van der Waals surface area contributed by atoms with Crippen LogP contribution in [0.5, 0.6) is 5.75 Å². The second-order valence-electron chi connectivity index (χ2n) is 7.20. The number of nitrogens with zero attached hydrogens (tertiary/aromatic N) is 1. The standard InChI is InChI=1S/C25H19F3N2O3S/c1-2-33-19-13-11-17(12-14-19)29-21-22(34-20-9-4-3-5-10-20)24(32)30(23(21)31)18-8-6-7-16(15-18)25(26,27)28/h3-15,29H,2H2,1H3. The van der Waals surface area contributed by atoms with Gasteiger partial charge in [0, 0.05) is 10.6 Å². The number of imide groups is 1. The van der Waals surface area contributed by atoms with E-state index < -0.39 is 23.6 Å². The van der Waals surface area contributed by atoms with Gasteiger partial charge in [-0.2, -0.15) is 13.2 Å². The fourth-order valence-electron chi connectivity index (χ4n) is 3.32. The van der Waals surface area contributed by atoms with Gasteiger partial charge >= 0.3 is 6.18 Å². The van der Waals surface area contributed by atoms with Gasteiger partial charge < -0.3 is 10.1 Å². The molecule has 9 heteroatoms. The third-order valence-electron chi connectivity index (χ3n) is 4.87. The van der Waals surface area contributed by atoms with Crippen LogP contribution in [0.4, 0.5) is 24.5 Å². The number of thioether (sulfide) groups is 1. The van der Waals surface area contributed by atoms with Crippen molar-refractivity contribution in [3.05, 3.63) is 95.0 Å². The Bertz CT molecular complexity index is 1240. The van der Waals surface area contributed by atoms with Crippen LogP contribution < -0.4 is 15.0 Å². The molecule has 2 amide bonds. The number of ether oxygens (including phenoxy) is 1. The summed E-state index contributed by atoms with van der Waals surface area (Å²) in [5.74, 6) is -0.802. The molecule has 0 aliphatic carbocycles. The summed E-state index contributed by atoms with van der Waals surface area (Å²) in [4.78, 5) is 28.2. The maximum absolute atomic E-state index is 13.3. The molecule has 0 fully saturated rings. The largest absolute Gasteiger partial charge is 0.494 e. The summed E-state index contributed by atoms with van der Waals surface area (Å²) < 4.78 is 45.1. The Morgan fingerprint density at radius 3 is 2.26 bits per heavy atom. The van der Waals surface area contributed by atoms with Crippen LogP contribution in [0, 0.1) is 0 Å². The summed E-state index contributed by atoms with van der Waals surface area (Å²) in [6, 6.07) is 19.9. The van der Waals surface area contributed by atoms with Gasteiger partial charge in [-0.15, -0.1) is 0 Å². The van der Waals surface area contributed by atoms with Crippen LogP contribution in [0.2, 0.25) is 0 Å². The van der Waals surface area contributed by atoms with Crippen LogP contribution in [0.1, 0.15) is 12.5 Å². The van der Waals surface area contributed by atoms with E-state index >= 15 is 0 Å². The van der Waals surface area contributed by atoms with Gasteiger partial charge in [-0.05, 0) is 61.5 Å². The molecule has 4 rings (SSSR count). The minimum Gasteiger partial charge on any atom is -0.494 e. The number of amides is 2. The Balaban J connectivity index is 1.71. The number of rotatable bonds is 7. The lowest BCUT2D eigenvalue weighted by Crippen LogP contribution is -2.32. The topological polar surface area (TPSA) is 58.6 Å². The Morgan fingerprint density at radius 2 is 1.62 bits per heavy atom. The molecule has 0 aromatic heterocycles. The van der Waals surface area contributed by atoms with Crippen molar-refractivity contribution in [2.45, 2.75) is 18.0 Å². The van der Waals surface area contributed by atoms with Crippen LogP contribution >= 0.6 is 11.8 Å². The van der Waals surface area contributed by atoms with Crippen LogP contribution in [-0.2, 0) is 15.8 Å². The molecule has 174 valence electrons. The van der Waals surface area contributed by atoms with Gasteiger partial charge in [0.15, 0.2) is 0 Å². The molecule has 1 heterocycles. The highest BCUT2D eigenvalue weighted by atomic mass is 32.2. The summed E-state index contributed by atoms with van der Waals surface area (Å²) in [6.07, 6.45) is -4.61. The third kappa shape index (κ3) is 4.94. The van der Waals surface area contributed by atoms with Crippen LogP contribution in [0.15, 0.2) is 94.4 Å². The highest BCUT2D eigenvalue weighted by Gasteiger charge is 2.41. The summed E-state index contributed by atoms with van der Waals surface area (Å²) in [5.41, 5.74) is -0.590. The molecular weight excluding hydrogens is 465 g/mol. The van der Waals surface area contributed by atoms with E-state index in [2.05, 4.69) is 5.32 Å². The van der Waals surface area contributed by atoms with Gasteiger partial charge in [-0.25, -0.2) is 4.90 Å². The number of anilines is 2. The second-order valence-corrected chi connectivity index (χ2v) is 8.28. The molecule has 3 aromatic rings. The van der Waals surface area contributed by atoms with E-state index in [0.29, 0.717) is 22.9 Å². The van der Waals surface area contributed by atoms with E-state index in [1.54, 1.807) is 48.5 Å². The first kappa shape index (κ1) is 23.4. The molecule has 0 saturated heterocycles. The van der Waals surface area contributed by atoms with E-state index in [0.717, 1.165) is 28.8 Å². The predicted molar refractivity (Wildman–Crippen MR) is 124 cm³/mol. The zero-order valence-electron chi connectivity index (χ0n) is 17.9. The molecule has 0 spiro atoms. The predicted octanol–water partition coefficient (Wildman–Crippen LogP) is 6.09. The van der Waals surface area contributed by atoms with Gasteiger partial charge in [0.05, 0.1) is 17.9 Å². The summed E-state index contributed by atoms with van der Waals surface area (Å²) in [5, 5.41) is 2.97. The van der Waals surface area contributed by atoms with Gasteiger partial charge in [0.2, 0.25) is 0 Å². The maximum Gasteiger partial charge on any atom is 0.416 e. The van der Waals surface area contributed by atoms with Gasteiger partial charge in [-0.1, -0.05) is 36.0 Å². The molecule has 0 bridgehead atoms. The number of hydrogen-bond acceptors (Lipinski definition) is 5.